The first kappa shape index (κ1) is 17.0. The van der Waals surface area contributed by atoms with E-state index in [4.69, 9.17) is 9.47 Å². The number of hydrogen-bond donors (Lipinski definition) is 0. The molecule has 0 radical (unpaired) electrons. The van der Waals surface area contributed by atoms with Gasteiger partial charge < -0.3 is 14.4 Å². The van der Waals surface area contributed by atoms with Gasteiger partial charge in [0.25, 0.3) is 0 Å². The molecule has 122 valence electrons. The van der Waals surface area contributed by atoms with Crippen LogP contribution >= 0.6 is 0 Å². The Bertz CT molecular complexity index is 652. The Morgan fingerprint density at radius 3 is 2.35 bits per heavy atom. The molecule has 0 aliphatic rings. The summed E-state index contributed by atoms with van der Waals surface area (Å²) in [6, 6.07) is 16.1. The molecule has 1 amide bonds. The van der Waals surface area contributed by atoms with Crippen LogP contribution in [0.2, 0.25) is 0 Å². The van der Waals surface area contributed by atoms with Crippen LogP contribution in [0.3, 0.4) is 0 Å². The number of methoxy groups -OCH3 is 2. The van der Waals surface area contributed by atoms with Gasteiger partial charge in [0.2, 0.25) is 5.91 Å². The molecule has 0 fully saturated rings. The van der Waals surface area contributed by atoms with Crippen molar-refractivity contribution in [1.29, 1.82) is 0 Å². The number of benzene rings is 2. The van der Waals surface area contributed by atoms with Gasteiger partial charge in [-0.05, 0) is 24.1 Å². The predicted molar refractivity (Wildman–Crippen MR) is 91.5 cm³/mol. The van der Waals surface area contributed by atoms with Crippen LogP contribution in [0.4, 0.5) is 0 Å². The fourth-order valence-electron chi connectivity index (χ4n) is 2.49. The Balaban J connectivity index is 2.20. The summed E-state index contributed by atoms with van der Waals surface area (Å²) in [5, 5.41) is 0. The quantitative estimate of drug-likeness (QED) is 0.819. The first-order valence-corrected chi connectivity index (χ1v) is 7.56. The summed E-state index contributed by atoms with van der Waals surface area (Å²) in [6.07, 6.45) is 0. The van der Waals surface area contributed by atoms with Gasteiger partial charge in [0.1, 0.15) is 12.4 Å². The first-order chi connectivity index (χ1) is 11.1. The highest BCUT2D eigenvalue weighted by molar-refractivity contribution is 5.77. The van der Waals surface area contributed by atoms with Crippen LogP contribution in [-0.4, -0.2) is 38.7 Å². The van der Waals surface area contributed by atoms with Crippen molar-refractivity contribution in [2.24, 2.45) is 0 Å². The van der Waals surface area contributed by atoms with Crippen LogP contribution < -0.4 is 4.74 Å². The Labute approximate surface area is 137 Å². The molecule has 0 bridgehead atoms. The van der Waals surface area contributed by atoms with Crippen molar-refractivity contribution in [2.45, 2.75) is 13.0 Å². The van der Waals surface area contributed by atoms with Crippen molar-refractivity contribution in [2.75, 3.05) is 27.9 Å². The number of likely N-dealkylation sites (N-methyl/N-ethyl adjacent to an activating group) is 1. The van der Waals surface area contributed by atoms with Crippen LogP contribution in [0.5, 0.6) is 5.75 Å². The van der Waals surface area contributed by atoms with Crippen LogP contribution in [0.1, 0.15) is 18.5 Å². The Morgan fingerprint density at radius 2 is 1.74 bits per heavy atom. The average molecular weight is 313 g/mol. The van der Waals surface area contributed by atoms with Gasteiger partial charge in [-0.15, -0.1) is 0 Å². The molecule has 2 aromatic rings. The molecule has 0 N–H and O–H groups in total. The molecule has 0 aliphatic carbocycles. The lowest BCUT2D eigenvalue weighted by Gasteiger charge is -2.25. The second kappa shape index (κ2) is 7.79. The summed E-state index contributed by atoms with van der Waals surface area (Å²) < 4.78 is 10.3. The van der Waals surface area contributed by atoms with Crippen LogP contribution in [-0.2, 0) is 9.53 Å². The summed E-state index contributed by atoms with van der Waals surface area (Å²) in [5.41, 5.74) is 3.22. The van der Waals surface area contributed by atoms with Crippen molar-refractivity contribution in [3.05, 3.63) is 54.1 Å². The van der Waals surface area contributed by atoms with Crippen molar-refractivity contribution in [1.82, 2.24) is 4.90 Å². The van der Waals surface area contributed by atoms with Gasteiger partial charge in [-0.1, -0.05) is 42.5 Å². The molecule has 4 nitrogen and oxygen atoms in total. The summed E-state index contributed by atoms with van der Waals surface area (Å²) in [6.45, 7) is 2.10. The van der Waals surface area contributed by atoms with Gasteiger partial charge in [-0.25, -0.2) is 0 Å². The number of nitrogens with zero attached hydrogens (tertiary/aromatic N) is 1. The van der Waals surface area contributed by atoms with Gasteiger partial charge in [0.05, 0.1) is 13.2 Å². The highest BCUT2D eigenvalue weighted by Crippen LogP contribution is 2.30. The SMILES string of the molecule is COCC(=O)N(C)C(C)c1ccc(-c2ccccc2OC)cc1. The molecule has 1 unspecified atom stereocenters. The second-order valence-electron chi connectivity index (χ2n) is 5.44. The third-order valence-corrected chi connectivity index (χ3v) is 4.05. The summed E-state index contributed by atoms with van der Waals surface area (Å²) in [4.78, 5) is 13.6. The Hall–Kier alpha value is -2.33. The first-order valence-electron chi connectivity index (χ1n) is 7.56. The zero-order chi connectivity index (χ0) is 16.8. The normalized spacial score (nSPS) is 11.8. The van der Waals surface area contributed by atoms with Gasteiger partial charge in [-0.3, -0.25) is 4.79 Å². The van der Waals surface area contributed by atoms with E-state index in [1.54, 1.807) is 19.1 Å². The van der Waals surface area contributed by atoms with E-state index in [0.717, 1.165) is 22.4 Å². The monoisotopic (exact) mass is 313 g/mol. The third kappa shape index (κ3) is 3.90. The van der Waals surface area contributed by atoms with Crippen LogP contribution in [0.15, 0.2) is 48.5 Å². The van der Waals surface area contributed by atoms with Crippen molar-refractivity contribution in [3.8, 4) is 16.9 Å². The number of hydrogen-bond acceptors (Lipinski definition) is 3. The summed E-state index contributed by atoms with van der Waals surface area (Å²) in [5.74, 6) is 0.814. The molecule has 0 heterocycles. The van der Waals surface area contributed by atoms with E-state index in [1.165, 1.54) is 7.11 Å². The standard InChI is InChI=1S/C19H23NO3/c1-14(20(2)19(21)13-22-3)15-9-11-16(12-10-15)17-7-5-6-8-18(17)23-4/h5-12,14H,13H2,1-4H3. The van der Waals surface area contributed by atoms with Gasteiger partial charge in [0.15, 0.2) is 0 Å². The van der Waals surface area contributed by atoms with E-state index in [-0.39, 0.29) is 18.6 Å². The maximum Gasteiger partial charge on any atom is 0.248 e. The third-order valence-electron chi connectivity index (χ3n) is 4.05. The van der Waals surface area contributed by atoms with Gasteiger partial charge in [-0.2, -0.15) is 0 Å². The smallest absolute Gasteiger partial charge is 0.248 e. The van der Waals surface area contributed by atoms with E-state index in [0.29, 0.717) is 0 Å². The highest BCUT2D eigenvalue weighted by atomic mass is 16.5. The van der Waals surface area contributed by atoms with E-state index in [9.17, 15) is 4.79 Å². The van der Waals surface area contributed by atoms with Crippen LogP contribution in [0, 0.1) is 0 Å². The minimum Gasteiger partial charge on any atom is -0.496 e. The second-order valence-corrected chi connectivity index (χ2v) is 5.44. The summed E-state index contributed by atoms with van der Waals surface area (Å²) >= 11 is 0. The zero-order valence-corrected chi connectivity index (χ0v) is 14.1. The molecule has 0 spiro atoms. The molecule has 4 heteroatoms. The van der Waals surface area contributed by atoms with Crippen LogP contribution in [0.25, 0.3) is 11.1 Å². The van der Waals surface area contributed by atoms with Gasteiger partial charge in [0, 0.05) is 19.7 Å². The van der Waals surface area contributed by atoms with E-state index < -0.39 is 0 Å². The van der Waals surface area contributed by atoms with Crippen molar-refractivity contribution >= 4 is 5.91 Å². The highest BCUT2D eigenvalue weighted by Gasteiger charge is 2.17. The molecule has 2 rings (SSSR count). The molecule has 2 aromatic carbocycles. The van der Waals surface area contributed by atoms with Gasteiger partial charge >= 0.3 is 0 Å². The number of carbonyl (C=O) groups excluding carboxylic acids is 1. The number of para-hydroxylation sites is 1. The van der Waals surface area contributed by atoms with E-state index in [1.807, 2.05) is 43.3 Å². The van der Waals surface area contributed by atoms with E-state index >= 15 is 0 Å². The average Bonchev–Trinajstić information content (AvgIpc) is 2.60. The lowest BCUT2D eigenvalue weighted by atomic mass is 10.00. The lowest BCUT2D eigenvalue weighted by molar-refractivity contribution is -0.135. The lowest BCUT2D eigenvalue weighted by Crippen LogP contribution is -2.32. The molecule has 0 saturated heterocycles. The fourth-order valence-corrected chi connectivity index (χ4v) is 2.49. The maximum absolute atomic E-state index is 11.9. The predicted octanol–water partition coefficient (Wildman–Crippen LogP) is 3.53. The van der Waals surface area contributed by atoms with Crippen molar-refractivity contribution in [3.63, 3.8) is 0 Å². The molecule has 0 saturated carbocycles. The van der Waals surface area contributed by atoms with E-state index in [2.05, 4.69) is 12.1 Å². The van der Waals surface area contributed by atoms with Crippen molar-refractivity contribution < 1.29 is 14.3 Å². The number of carbonyl (C=O) groups is 1. The minimum absolute atomic E-state index is 0.00984. The maximum atomic E-state index is 11.9. The topological polar surface area (TPSA) is 38.8 Å². The fraction of sp³-hybridized carbons (Fsp3) is 0.316. The molecular weight excluding hydrogens is 290 g/mol. The Kier molecular flexibility index (Phi) is 5.77. The molecule has 1 atom stereocenters. The molecule has 23 heavy (non-hydrogen) atoms. The zero-order valence-electron chi connectivity index (χ0n) is 14.1. The summed E-state index contributed by atoms with van der Waals surface area (Å²) in [7, 11) is 4.99. The molecular formula is C19H23NO3. The molecule has 0 aliphatic heterocycles. The number of amides is 1. The minimum atomic E-state index is -0.0335. The Morgan fingerprint density at radius 1 is 1.09 bits per heavy atom. The largest absolute Gasteiger partial charge is 0.496 e. The molecule has 0 aromatic heterocycles. The number of rotatable bonds is 6. The number of ether oxygens (including phenoxy) is 2.